The molecule has 0 aromatic heterocycles. The molecule has 0 radical (unpaired) electrons. The Balaban J connectivity index is 1.86. The lowest BCUT2D eigenvalue weighted by molar-refractivity contribution is -0.155. The average molecular weight is 549 g/mol. The molecule has 1 N–H and O–H groups in total. The molecule has 0 saturated heterocycles. The molecule has 2 atom stereocenters. The summed E-state index contributed by atoms with van der Waals surface area (Å²) in [7, 11) is -4.16. The Morgan fingerprint density at radius 1 is 0.973 bits per heavy atom. The molecule has 1 heterocycles. The number of nitrogens with zero attached hydrogens (tertiary/aromatic N) is 1. The number of fused-ring (bicyclic) bond motifs is 1. The highest BCUT2D eigenvalue weighted by Crippen LogP contribution is 2.49. The van der Waals surface area contributed by atoms with E-state index in [4.69, 9.17) is 0 Å². The van der Waals surface area contributed by atoms with Crippen LogP contribution in [0, 0.1) is 12.3 Å². The maximum absolute atomic E-state index is 14.3. The minimum Gasteiger partial charge on any atom is -0.370 e. The minimum absolute atomic E-state index is 0.0590. The molecule has 4 nitrogen and oxygen atoms in total. The molecule has 1 fully saturated rings. The summed E-state index contributed by atoms with van der Waals surface area (Å²) < 4.78 is 111. The van der Waals surface area contributed by atoms with Crippen LogP contribution in [0.1, 0.15) is 56.2 Å². The highest BCUT2D eigenvalue weighted by Gasteiger charge is 2.52. The summed E-state index contributed by atoms with van der Waals surface area (Å²) >= 11 is 0. The summed E-state index contributed by atoms with van der Waals surface area (Å²) in [5, 5.41) is -0.827. The van der Waals surface area contributed by atoms with Crippen molar-refractivity contribution >= 4 is 15.7 Å². The fourth-order valence-electron chi connectivity index (χ4n) is 5.15. The molecule has 1 aliphatic carbocycles. The van der Waals surface area contributed by atoms with Gasteiger partial charge in [0.25, 0.3) is 0 Å². The number of alkyl halides is 6. The maximum atomic E-state index is 14.3. The lowest BCUT2D eigenvalue weighted by Crippen LogP contribution is -2.51. The van der Waals surface area contributed by atoms with Gasteiger partial charge in [-0.1, -0.05) is 51.1 Å². The van der Waals surface area contributed by atoms with Crippen LogP contribution in [0.2, 0.25) is 0 Å². The fraction of sp³-hybridized carbons (Fsp3) is 0.538. The van der Waals surface area contributed by atoms with Crippen LogP contribution in [0.25, 0.3) is 11.1 Å². The number of benzene rings is 2. The molecule has 1 unspecified atom stereocenters. The highest BCUT2D eigenvalue weighted by atomic mass is 32.2. The second-order valence-corrected chi connectivity index (χ2v) is 13.1. The number of rotatable bonds is 6. The Labute approximate surface area is 213 Å². The second-order valence-electron chi connectivity index (χ2n) is 11.1. The van der Waals surface area contributed by atoms with Gasteiger partial charge in [-0.25, -0.2) is 13.1 Å². The van der Waals surface area contributed by atoms with E-state index in [2.05, 4.69) is 0 Å². The monoisotopic (exact) mass is 548 g/mol. The first kappa shape index (κ1) is 27.8. The fourth-order valence-corrected chi connectivity index (χ4v) is 6.75. The minimum atomic E-state index is -4.86. The molecule has 37 heavy (non-hydrogen) atoms. The molecule has 0 bridgehead atoms. The summed E-state index contributed by atoms with van der Waals surface area (Å²) in [6, 6.07) is 5.58. The number of sulfonamides is 1. The molecule has 2 aromatic rings. The van der Waals surface area contributed by atoms with Gasteiger partial charge >= 0.3 is 12.4 Å². The van der Waals surface area contributed by atoms with E-state index in [1.54, 1.807) is 11.8 Å². The van der Waals surface area contributed by atoms with Crippen molar-refractivity contribution in [2.24, 2.45) is 5.41 Å². The lowest BCUT2D eigenvalue weighted by Gasteiger charge is -2.31. The molecular weight excluding hydrogens is 518 g/mol. The van der Waals surface area contributed by atoms with E-state index in [-0.39, 0.29) is 28.7 Å². The van der Waals surface area contributed by atoms with Gasteiger partial charge in [-0.15, -0.1) is 0 Å². The van der Waals surface area contributed by atoms with Gasteiger partial charge in [0.15, 0.2) is 0 Å². The number of hydrogen-bond acceptors (Lipinski definition) is 3. The molecule has 2 aliphatic rings. The number of nitrogens with one attached hydrogen (secondary N) is 1. The van der Waals surface area contributed by atoms with E-state index in [0.717, 1.165) is 6.07 Å². The van der Waals surface area contributed by atoms with Crippen molar-refractivity contribution in [3.8, 4) is 11.1 Å². The van der Waals surface area contributed by atoms with Gasteiger partial charge in [0.1, 0.15) is 6.04 Å². The Morgan fingerprint density at radius 2 is 1.59 bits per heavy atom. The van der Waals surface area contributed by atoms with Crippen LogP contribution in [0.5, 0.6) is 0 Å². The first-order valence-electron chi connectivity index (χ1n) is 12.0. The predicted molar refractivity (Wildman–Crippen MR) is 131 cm³/mol. The summed E-state index contributed by atoms with van der Waals surface area (Å²) in [6.07, 6.45) is -8.84. The lowest BCUT2D eigenvalue weighted by atomic mass is 9.88. The van der Waals surface area contributed by atoms with Gasteiger partial charge in [-0.3, -0.25) is 0 Å². The molecule has 1 aliphatic heterocycles. The van der Waals surface area contributed by atoms with E-state index in [1.807, 2.05) is 25.5 Å². The van der Waals surface area contributed by atoms with Gasteiger partial charge in [0.2, 0.25) is 10.0 Å². The van der Waals surface area contributed by atoms with E-state index in [9.17, 15) is 34.8 Å². The van der Waals surface area contributed by atoms with Crippen LogP contribution in [-0.4, -0.2) is 39.0 Å². The van der Waals surface area contributed by atoms with Gasteiger partial charge in [0.05, 0.1) is 10.8 Å². The topological polar surface area (TPSA) is 49.4 Å². The molecule has 204 valence electrons. The van der Waals surface area contributed by atoms with Crippen LogP contribution in [0.4, 0.5) is 32.0 Å². The van der Waals surface area contributed by atoms with Crippen LogP contribution in [0.15, 0.2) is 36.4 Å². The van der Waals surface area contributed by atoms with Crippen LogP contribution in [-0.2, 0) is 16.2 Å². The molecule has 11 heteroatoms. The van der Waals surface area contributed by atoms with Crippen LogP contribution < -0.4 is 9.62 Å². The largest absolute Gasteiger partial charge is 0.417 e. The molecule has 0 spiro atoms. The van der Waals surface area contributed by atoms with Crippen molar-refractivity contribution in [1.82, 2.24) is 4.72 Å². The number of anilines is 1. The number of halogens is 6. The Bertz CT molecular complexity index is 1280. The van der Waals surface area contributed by atoms with Crippen molar-refractivity contribution in [3.63, 3.8) is 0 Å². The standard InChI is InChI=1S/C26H30F6N2O2S/c1-15-17(18-7-5-6-8-21(18)25(27,28)29)11-12-19-20(13-34(22(15)19)14-24(2,3)4)23(26(30,31)32)33-37(35,36)16-9-10-16/h5-8,11-12,16,20,23,33H,9-10,13-14H2,1-4H3/t20?,23-/m0/s1. The normalized spacial score (nSPS) is 19.7. The van der Waals surface area contributed by atoms with E-state index in [0.29, 0.717) is 30.6 Å². The van der Waals surface area contributed by atoms with Crippen molar-refractivity contribution < 1.29 is 34.8 Å². The second kappa shape index (κ2) is 9.18. The van der Waals surface area contributed by atoms with Crippen LogP contribution in [0.3, 0.4) is 0 Å². The third-order valence-electron chi connectivity index (χ3n) is 6.79. The summed E-state index contributed by atoms with van der Waals surface area (Å²) in [5.41, 5.74) is 0.154. The van der Waals surface area contributed by atoms with Crippen molar-refractivity contribution in [3.05, 3.63) is 53.1 Å². The third-order valence-corrected chi connectivity index (χ3v) is 8.72. The zero-order chi connectivity index (χ0) is 27.6. The first-order valence-corrected chi connectivity index (χ1v) is 13.6. The van der Waals surface area contributed by atoms with Gasteiger partial charge in [0, 0.05) is 24.7 Å². The van der Waals surface area contributed by atoms with E-state index in [1.165, 1.54) is 30.3 Å². The van der Waals surface area contributed by atoms with Crippen molar-refractivity contribution in [2.45, 2.75) is 70.1 Å². The van der Waals surface area contributed by atoms with Crippen molar-refractivity contribution in [2.75, 3.05) is 18.0 Å². The summed E-state index contributed by atoms with van der Waals surface area (Å²) in [5.74, 6) is -1.25. The number of hydrogen-bond donors (Lipinski definition) is 1. The molecule has 2 aromatic carbocycles. The summed E-state index contributed by atoms with van der Waals surface area (Å²) in [6.45, 7) is 7.56. The maximum Gasteiger partial charge on any atom is 0.417 e. The summed E-state index contributed by atoms with van der Waals surface area (Å²) in [4.78, 5) is 1.75. The Morgan fingerprint density at radius 3 is 2.14 bits per heavy atom. The van der Waals surface area contributed by atoms with Gasteiger partial charge in [-0.2, -0.15) is 26.3 Å². The average Bonchev–Trinajstić information content (AvgIpc) is 3.54. The zero-order valence-corrected chi connectivity index (χ0v) is 21.8. The third kappa shape index (κ3) is 5.77. The zero-order valence-electron chi connectivity index (χ0n) is 21.0. The SMILES string of the molecule is Cc1c(-c2ccccc2C(F)(F)F)ccc2c1N(CC(C)(C)C)CC2[C@H](NS(=O)(=O)C1CC1)C(F)(F)F. The van der Waals surface area contributed by atoms with Crippen LogP contribution >= 0.6 is 0 Å². The Hall–Kier alpha value is -2.27. The predicted octanol–water partition coefficient (Wildman–Crippen LogP) is 6.64. The quantitative estimate of drug-likeness (QED) is 0.412. The highest BCUT2D eigenvalue weighted by molar-refractivity contribution is 7.90. The first-order chi connectivity index (χ1) is 16.9. The smallest absolute Gasteiger partial charge is 0.370 e. The Kier molecular flexibility index (Phi) is 6.89. The van der Waals surface area contributed by atoms with E-state index >= 15 is 0 Å². The molecule has 1 saturated carbocycles. The van der Waals surface area contributed by atoms with Gasteiger partial charge < -0.3 is 4.90 Å². The van der Waals surface area contributed by atoms with Gasteiger partial charge in [-0.05, 0) is 53.5 Å². The van der Waals surface area contributed by atoms with Crippen molar-refractivity contribution in [1.29, 1.82) is 0 Å². The molecule has 4 rings (SSSR count). The van der Waals surface area contributed by atoms with E-state index < -0.39 is 45.1 Å². The molecule has 0 amide bonds. The molecular formula is C26H30F6N2O2S.